The normalized spacial score (nSPS) is 19.7. The lowest BCUT2D eigenvalue weighted by Crippen LogP contribution is -2.22. The minimum absolute atomic E-state index is 0.310. The van der Waals surface area contributed by atoms with E-state index in [4.69, 9.17) is 21.8 Å². The van der Waals surface area contributed by atoms with Gasteiger partial charge < -0.3 is 10.2 Å². The fourth-order valence-electron chi connectivity index (χ4n) is 2.08. The molecule has 1 aromatic rings. The average molecular weight is 229 g/mol. The van der Waals surface area contributed by atoms with E-state index >= 15 is 0 Å². The van der Waals surface area contributed by atoms with E-state index in [1.165, 1.54) is 12.8 Å². The number of halogens is 1. The van der Waals surface area contributed by atoms with E-state index in [-0.39, 0.29) is 0 Å². The summed E-state index contributed by atoms with van der Waals surface area (Å²) in [5.41, 5.74) is 5.53. The number of rotatable bonds is 3. The minimum atomic E-state index is 0.310. The molecule has 0 saturated carbocycles. The molecule has 0 bridgehead atoms. The Morgan fingerprint density at radius 3 is 2.73 bits per heavy atom. The van der Waals surface area contributed by atoms with Gasteiger partial charge in [-0.05, 0) is 32.9 Å². The highest BCUT2D eigenvalue weighted by Gasteiger charge is 2.22. The van der Waals surface area contributed by atoms with Gasteiger partial charge >= 0.3 is 0 Å². The van der Waals surface area contributed by atoms with Gasteiger partial charge in [-0.1, -0.05) is 11.6 Å². The summed E-state index contributed by atoms with van der Waals surface area (Å²) in [6.07, 6.45) is 2.56. The maximum Gasteiger partial charge on any atom is 0.136 e. The van der Waals surface area contributed by atoms with Gasteiger partial charge in [0.1, 0.15) is 11.5 Å². The van der Waals surface area contributed by atoms with E-state index in [1.54, 1.807) is 0 Å². The van der Waals surface area contributed by atoms with Gasteiger partial charge in [0.25, 0.3) is 0 Å². The molecule has 0 spiro atoms. The van der Waals surface area contributed by atoms with Gasteiger partial charge in [-0.25, -0.2) is 0 Å². The number of nitrogens with two attached hydrogens (primary N) is 1. The first-order valence-corrected chi connectivity index (χ1v) is 5.82. The van der Waals surface area contributed by atoms with Crippen LogP contribution in [0.4, 0.5) is 0 Å². The fourth-order valence-corrected chi connectivity index (χ4v) is 2.30. The Kier molecular flexibility index (Phi) is 3.34. The Hall–Kier alpha value is -0.510. The van der Waals surface area contributed by atoms with Crippen molar-refractivity contribution in [3.8, 4) is 0 Å². The average Bonchev–Trinajstić information content (AvgIpc) is 2.85. The third-order valence-corrected chi connectivity index (χ3v) is 3.38. The largest absolute Gasteiger partial charge is 0.461 e. The molecule has 15 heavy (non-hydrogen) atoms. The molecular formula is C11H17ClN2O. The van der Waals surface area contributed by atoms with E-state index < -0.39 is 0 Å². The fraction of sp³-hybridized carbons (Fsp3) is 0.636. The van der Waals surface area contributed by atoms with Crippen molar-refractivity contribution in [2.45, 2.75) is 32.4 Å². The van der Waals surface area contributed by atoms with Crippen molar-refractivity contribution in [3.05, 3.63) is 22.6 Å². The SMILES string of the molecule is CC(c1cc(Cl)c(CN)o1)N1CCCC1. The first kappa shape index (κ1) is 11.0. The maximum atomic E-state index is 6.00. The highest BCUT2D eigenvalue weighted by Crippen LogP contribution is 2.30. The Bertz CT molecular complexity index is 331. The van der Waals surface area contributed by atoms with Crippen LogP contribution in [0.3, 0.4) is 0 Å². The highest BCUT2D eigenvalue weighted by atomic mass is 35.5. The molecule has 1 aliphatic rings. The zero-order valence-electron chi connectivity index (χ0n) is 9.00. The van der Waals surface area contributed by atoms with Crippen LogP contribution >= 0.6 is 11.6 Å². The summed E-state index contributed by atoms with van der Waals surface area (Å²) in [6, 6.07) is 2.21. The van der Waals surface area contributed by atoms with Crippen molar-refractivity contribution in [1.82, 2.24) is 4.90 Å². The van der Waals surface area contributed by atoms with Crippen LogP contribution in [-0.2, 0) is 6.54 Å². The third kappa shape index (κ3) is 2.19. The molecule has 4 heteroatoms. The van der Waals surface area contributed by atoms with Crippen LogP contribution in [0.25, 0.3) is 0 Å². The third-order valence-electron chi connectivity index (χ3n) is 3.06. The molecule has 0 radical (unpaired) electrons. The standard InChI is InChI=1S/C11H17ClN2O/c1-8(14-4-2-3-5-14)10-6-9(12)11(7-13)15-10/h6,8H,2-5,7,13H2,1H3. The van der Waals surface area contributed by atoms with Crippen molar-refractivity contribution in [2.24, 2.45) is 5.73 Å². The molecule has 2 rings (SSSR count). The molecule has 1 aromatic heterocycles. The first-order chi connectivity index (χ1) is 7.22. The highest BCUT2D eigenvalue weighted by molar-refractivity contribution is 6.31. The van der Waals surface area contributed by atoms with E-state index in [0.29, 0.717) is 23.4 Å². The Morgan fingerprint density at radius 1 is 1.53 bits per heavy atom. The second-order valence-electron chi connectivity index (χ2n) is 4.04. The van der Waals surface area contributed by atoms with Crippen LogP contribution in [0, 0.1) is 0 Å². The Labute approximate surface area is 95.2 Å². The van der Waals surface area contributed by atoms with E-state index in [2.05, 4.69) is 11.8 Å². The van der Waals surface area contributed by atoms with Crippen LogP contribution < -0.4 is 5.73 Å². The second-order valence-corrected chi connectivity index (χ2v) is 4.45. The van der Waals surface area contributed by atoms with Gasteiger partial charge in [0.05, 0.1) is 17.6 Å². The Balaban J connectivity index is 2.13. The van der Waals surface area contributed by atoms with Gasteiger partial charge in [-0.2, -0.15) is 0 Å². The van der Waals surface area contributed by atoms with Gasteiger partial charge in [0.2, 0.25) is 0 Å². The predicted molar refractivity (Wildman–Crippen MR) is 60.8 cm³/mol. The number of likely N-dealkylation sites (tertiary alicyclic amines) is 1. The number of furan rings is 1. The van der Waals surface area contributed by atoms with Crippen molar-refractivity contribution in [3.63, 3.8) is 0 Å². The van der Waals surface area contributed by atoms with Crippen molar-refractivity contribution < 1.29 is 4.42 Å². The van der Waals surface area contributed by atoms with E-state index in [9.17, 15) is 0 Å². The summed E-state index contributed by atoms with van der Waals surface area (Å²) in [6.45, 7) is 4.82. The predicted octanol–water partition coefficient (Wildman–Crippen LogP) is 2.55. The molecule has 2 N–H and O–H groups in total. The van der Waals surface area contributed by atoms with Gasteiger partial charge in [-0.15, -0.1) is 0 Å². The minimum Gasteiger partial charge on any atom is -0.461 e. The zero-order chi connectivity index (χ0) is 10.8. The molecule has 0 amide bonds. The molecule has 1 saturated heterocycles. The van der Waals surface area contributed by atoms with Crippen LogP contribution in [0.15, 0.2) is 10.5 Å². The van der Waals surface area contributed by atoms with E-state index in [0.717, 1.165) is 18.8 Å². The van der Waals surface area contributed by atoms with Crippen LogP contribution in [0.5, 0.6) is 0 Å². The molecular weight excluding hydrogens is 212 g/mol. The zero-order valence-corrected chi connectivity index (χ0v) is 9.76. The molecule has 1 unspecified atom stereocenters. The molecule has 1 atom stereocenters. The lowest BCUT2D eigenvalue weighted by Gasteiger charge is -2.21. The van der Waals surface area contributed by atoms with Crippen LogP contribution in [0.2, 0.25) is 5.02 Å². The van der Waals surface area contributed by atoms with Gasteiger partial charge in [0, 0.05) is 6.07 Å². The van der Waals surface area contributed by atoms with Crippen molar-refractivity contribution >= 4 is 11.6 Å². The van der Waals surface area contributed by atoms with Crippen LogP contribution in [-0.4, -0.2) is 18.0 Å². The molecule has 3 nitrogen and oxygen atoms in total. The lowest BCUT2D eigenvalue weighted by molar-refractivity contribution is 0.228. The smallest absolute Gasteiger partial charge is 0.136 e. The lowest BCUT2D eigenvalue weighted by atomic mass is 10.2. The summed E-state index contributed by atoms with van der Waals surface area (Å²) in [4.78, 5) is 2.41. The number of hydrogen-bond donors (Lipinski definition) is 1. The summed E-state index contributed by atoms with van der Waals surface area (Å²) in [7, 11) is 0. The van der Waals surface area contributed by atoms with E-state index in [1.807, 2.05) is 6.07 Å². The molecule has 1 fully saturated rings. The first-order valence-electron chi connectivity index (χ1n) is 5.44. The summed E-state index contributed by atoms with van der Waals surface area (Å²) >= 11 is 6.00. The van der Waals surface area contributed by atoms with Crippen molar-refractivity contribution in [1.29, 1.82) is 0 Å². The molecule has 1 aliphatic heterocycles. The van der Waals surface area contributed by atoms with Crippen molar-refractivity contribution in [2.75, 3.05) is 13.1 Å². The maximum absolute atomic E-state index is 6.00. The second kappa shape index (κ2) is 4.56. The molecule has 0 aliphatic carbocycles. The topological polar surface area (TPSA) is 42.4 Å². The Morgan fingerprint density at radius 2 is 2.20 bits per heavy atom. The molecule has 2 heterocycles. The van der Waals surface area contributed by atoms with Crippen LogP contribution in [0.1, 0.15) is 37.3 Å². The monoisotopic (exact) mass is 228 g/mol. The summed E-state index contributed by atoms with van der Waals surface area (Å²) < 4.78 is 5.64. The van der Waals surface area contributed by atoms with Gasteiger partial charge in [0.15, 0.2) is 0 Å². The van der Waals surface area contributed by atoms with Gasteiger partial charge in [-0.3, -0.25) is 4.90 Å². The molecule has 0 aromatic carbocycles. The summed E-state index contributed by atoms with van der Waals surface area (Å²) in [5, 5.41) is 0.651. The quantitative estimate of drug-likeness (QED) is 0.865. The number of hydrogen-bond acceptors (Lipinski definition) is 3. The molecule has 84 valence electrons. The summed E-state index contributed by atoms with van der Waals surface area (Å²) in [5.74, 6) is 1.63. The number of nitrogens with zero attached hydrogens (tertiary/aromatic N) is 1.